The molecule has 20 heavy (non-hydrogen) atoms. The van der Waals surface area contributed by atoms with E-state index >= 15 is 0 Å². The van der Waals surface area contributed by atoms with E-state index in [2.05, 4.69) is 29.2 Å². The number of hydrogen-bond acceptors (Lipinski definition) is 2. The number of rotatable bonds is 1. The largest absolute Gasteiger partial charge is 0.342 e. The molecular weight excluding hydrogens is 248 g/mol. The highest BCUT2D eigenvalue weighted by Crippen LogP contribution is 2.55. The minimum atomic E-state index is 0.233. The van der Waals surface area contributed by atoms with Crippen molar-refractivity contribution in [2.45, 2.75) is 49.6 Å². The zero-order valence-corrected chi connectivity index (χ0v) is 11.8. The number of carbonyl (C=O) groups excluding carboxylic acids is 1. The molecule has 1 aromatic rings. The fourth-order valence-electron chi connectivity index (χ4n) is 5.21. The molecule has 0 unspecified atom stereocenters. The maximum Gasteiger partial charge on any atom is 0.209 e. The Morgan fingerprint density at radius 1 is 1.30 bits per heavy atom. The first-order valence-electron chi connectivity index (χ1n) is 7.79. The molecule has 2 bridgehead atoms. The Morgan fingerprint density at radius 2 is 2.15 bits per heavy atom. The summed E-state index contributed by atoms with van der Waals surface area (Å²) in [7, 11) is 0. The molecule has 2 fully saturated rings. The molecule has 2 N–H and O–H groups in total. The quantitative estimate of drug-likeness (QED) is 0.792. The monoisotopic (exact) mass is 270 g/mol. The Hall–Kier alpha value is -1.35. The number of nitrogens with two attached hydrogens (primary N) is 1. The van der Waals surface area contributed by atoms with Gasteiger partial charge >= 0.3 is 0 Å². The Balaban J connectivity index is 1.87. The number of nitrogens with zero attached hydrogens (tertiary/aromatic N) is 1. The van der Waals surface area contributed by atoms with E-state index in [4.69, 9.17) is 5.73 Å². The van der Waals surface area contributed by atoms with Crippen LogP contribution in [0.15, 0.2) is 24.3 Å². The predicted octanol–water partition coefficient (Wildman–Crippen LogP) is 1.84. The third kappa shape index (κ3) is 1.53. The second-order valence-corrected chi connectivity index (χ2v) is 6.83. The van der Waals surface area contributed by atoms with Gasteiger partial charge in [-0.15, -0.1) is 0 Å². The molecule has 1 heterocycles. The Morgan fingerprint density at radius 3 is 3.00 bits per heavy atom. The molecule has 0 spiro atoms. The van der Waals surface area contributed by atoms with E-state index in [0.29, 0.717) is 18.0 Å². The van der Waals surface area contributed by atoms with E-state index in [-0.39, 0.29) is 5.41 Å². The Kier molecular flexibility index (Phi) is 2.68. The lowest BCUT2D eigenvalue weighted by atomic mass is 9.51. The van der Waals surface area contributed by atoms with E-state index in [9.17, 15) is 4.79 Å². The molecule has 1 amide bonds. The van der Waals surface area contributed by atoms with Crippen LogP contribution in [0.3, 0.4) is 0 Å². The first-order valence-corrected chi connectivity index (χ1v) is 7.79. The maximum absolute atomic E-state index is 11.4. The summed E-state index contributed by atoms with van der Waals surface area (Å²) in [5.41, 5.74) is 9.51. The first-order chi connectivity index (χ1) is 9.74. The first kappa shape index (κ1) is 12.4. The molecule has 3 heteroatoms. The number of hydrogen-bond donors (Lipinski definition) is 1. The lowest BCUT2D eigenvalue weighted by Gasteiger charge is -2.59. The van der Waals surface area contributed by atoms with Gasteiger partial charge in [-0.3, -0.25) is 4.79 Å². The highest BCUT2D eigenvalue weighted by molar-refractivity contribution is 5.51. The van der Waals surface area contributed by atoms with Crippen molar-refractivity contribution >= 4 is 6.41 Å². The molecule has 4 atom stereocenters. The van der Waals surface area contributed by atoms with Crippen LogP contribution in [-0.4, -0.2) is 29.9 Å². The standard InChI is InChI=1S/C17H22N2O/c18-13-5-6-15-16-9-12-3-1-2-4-14(12)17(15,10-13)7-8-19(16)11-20/h1-4,11,13,15-16H,5-10,18H2/t13-,15-,16+,17+/m0/s1. The summed E-state index contributed by atoms with van der Waals surface area (Å²) >= 11 is 0. The highest BCUT2D eigenvalue weighted by atomic mass is 16.1. The van der Waals surface area contributed by atoms with E-state index in [0.717, 1.165) is 38.6 Å². The topological polar surface area (TPSA) is 46.3 Å². The SMILES string of the molecule is N[C@H]1CC[C@H]2[C@H]3Cc4ccccc4[C@@]2(CCN3C=O)C1. The van der Waals surface area contributed by atoms with Gasteiger partial charge in [0.1, 0.15) is 0 Å². The number of benzene rings is 1. The van der Waals surface area contributed by atoms with Gasteiger partial charge in [0, 0.05) is 24.0 Å². The average Bonchev–Trinajstić information content (AvgIpc) is 2.47. The van der Waals surface area contributed by atoms with Gasteiger partial charge in [-0.25, -0.2) is 0 Å². The van der Waals surface area contributed by atoms with Crippen LogP contribution in [0, 0.1) is 5.92 Å². The number of carbonyl (C=O) groups is 1. The zero-order chi connectivity index (χ0) is 13.7. The maximum atomic E-state index is 11.4. The van der Waals surface area contributed by atoms with E-state index < -0.39 is 0 Å². The van der Waals surface area contributed by atoms with Crippen LogP contribution < -0.4 is 5.73 Å². The summed E-state index contributed by atoms with van der Waals surface area (Å²) in [6.07, 6.45) is 6.55. The smallest absolute Gasteiger partial charge is 0.209 e. The Labute approximate surface area is 120 Å². The molecule has 3 nitrogen and oxygen atoms in total. The van der Waals surface area contributed by atoms with Crippen molar-refractivity contribution in [3.8, 4) is 0 Å². The van der Waals surface area contributed by atoms with Crippen molar-refractivity contribution in [1.82, 2.24) is 4.90 Å². The van der Waals surface area contributed by atoms with Gasteiger partial charge in [0.25, 0.3) is 0 Å². The summed E-state index contributed by atoms with van der Waals surface area (Å²) in [4.78, 5) is 13.5. The normalized spacial score (nSPS) is 38.9. The van der Waals surface area contributed by atoms with Gasteiger partial charge in [-0.1, -0.05) is 24.3 Å². The summed E-state index contributed by atoms with van der Waals surface area (Å²) < 4.78 is 0. The molecule has 1 saturated heterocycles. The van der Waals surface area contributed by atoms with Crippen molar-refractivity contribution in [1.29, 1.82) is 0 Å². The van der Waals surface area contributed by atoms with Crippen molar-refractivity contribution < 1.29 is 4.79 Å². The van der Waals surface area contributed by atoms with Crippen molar-refractivity contribution in [2.24, 2.45) is 11.7 Å². The third-order valence-corrected chi connectivity index (χ3v) is 6.01. The summed E-state index contributed by atoms with van der Waals surface area (Å²) in [5, 5.41) is 0. The van der Waals surface area contributed by atoms with Gasteiger partial charge in [0.15, 0.2) is 0 Å². The third-order valence-electron chi connectivity index (χ3n) is 6.01. The van der Waals surface area contributed by atoms with Crippen LogP contribution in [0.1, 0.15) is 36.8 Å². The lowest BCUT2D eigenvalue weighted by molar-refractivity contribution is -0.127. The van der Waals surface area contributed by atoms with Crippen molar-refractivity contribution in [3.05, 3.63) is 35.4 Å². The summed E-state index contributed by atoms with van der Waals surface area (Å²) in [6, 6.07) is 9.56. The molecule has 3 aliphatic rings. The summed E-state index contributed by atoms with van der Waals surface area (Å²) in [5.74, 6) is 0.608. The van der Waals surface area contributed by atoms with Gasteiger partial charge < -0.3 is 10.6 Å². The van der Waals surface area contributed by atoms with Crippen LogP contribution in [-0.2, 0) is 16.6 Å². The molecule has 106 valence electrons. The van der Waals surface area contributed by atoms with Gasteiger partial charge in [-0.05, 0) is 49.1 Å². The predicted molar refractivity (Wildman–Crippen MR) is 78.3 cm³/mol. The number of amides is 1. The van der Waals surface area contributed by atoms with Gasteiger partial charge in [0.05, 0.1) is 0 Å². The lowest BCUT2D eigenvalue weighted by Crippen LogP contribution is -2.62. The molecule has 0 radical (unpaired) electrons. The second-order valence-electron chi connectivity index (χ2n) is 6.83. The van der Waals surface area contributed by atoms with E-state index in [1.807, 2.05) is 0 Å². The Bertz CT molecular complexity index is 544. The molecule has 2 aliphatic carbocycles. The van der Waals surface area contributed by atoms with E-state index in [1.54, 1.807) is 0 Å². The summed E-state index contributed by atoms with van der Waals surface area (Å²) in [6.45, 7) is 0.895. The molecule has 1 aromatic carbocycles. The molecule has 0 aromatic heterocycles. The van der Waals surface area contributed by atoms with Crippen LogP contribution in [0.5, 0.6) is 0 Å². The van der Waals surface area contributed by atoms with Crippen molar-refractivity contribution in [2.75, 3.05) is 6.54 Å². The zero-order valence-electron chi connectivity index (χ0n) is 11.8. The van der Waals surface area contributed by atoms with Gasteiger partial charge in [-0.2, -0.15) is 0 Å². The number of fused-ring (bicyclic) bond motifs is 1. The highest BCUT2D eigenvalue weighted by Gasteiger charge is 2.54. The van der Waals surface area contributed by atoms with E-state index in [1.165, 1.54) is 17.5 Å². The van der Waals surface area contributed by atoms with Gasteiger partial charge in [0.2, 0.25) is 6.41 Å². The van der Waals surface area contributed by atoms with Crippen LogP contribution in [0.4, 0.5) is 0 Å². The minimum Gasteiger partial charge on any atom is -0.342 e. The molecule has 4 rings (SSSR count). The van der Waals surface area contributed by atoms with Crippen LogP contribution in [0.2, 0.25) is 0 Å². The molecule has 1 aliphatic heterocycles. The molecular formula is C17H22N2O. The van der Waals surface area contributed by atoms with Crippen LogP contribution in [0.25, 0.3) is 0 Å². The average molecular weight is 270 g/mol. The van der Waals surface area contributed by atoms with Crippen molar-refractivity contribution in [3.63, 3.8) is 0 Å². The number of piperidine rings is 1. The minimum absolute atomic E-state index is 0.233. The fourth-order valence-corrected chi connectivity index (χ4v) is 5.21. The molecule has 1 saturated carbocycles. The second kappa shape index (κ2) is 4.32. The number of likely N-dealkylation sites (tertiary alicyclic amines) is 1. The van der Waals surface area contributed by atoms with Crippen LogP contribution >= 0.6 is 0 Å². The fraction of sp³-hybridized carbons (Fsp3) is 0.588.